The summed E-state index contributed by atoms with van der Waals surface area (Å²) in [5.41, 5.74) is 13.4. The number of aryl methyl sites for hydroxylation is 3. The van der Waals surface area contributed by atoms with Crippen LogP contribution in [0.2, 0.25) is 0 Å². The molecule has 0 spiro atoms. The molecule has 1 aliphatic carbocycles. The van der Waals surface area contributed by atoms with Gasteiger partial charge in [0.05, 0.1) is 24.1 Å². The number of rotatable bonds is 7. The summed E-state index contributed by atoms with van der Waals surface area (Å²) in [7, 11) is 2.16. The lowest BCUT2D eigenvalue weighted by Gasteiger charge is -2.43. The summed E-state index contributed by atoms with van der Waals surface area (Å²) in [5, 5.41) is 9.81. The maximum Gasteiger partial charge on any atom is 0.246 e. The van der Waals surface area contributed by atoms with E-state index in [0.29, 0.717) is 25.5 Å². The number of anilines is 2. The van der Waals surface area contributed by atoms with Crippen molar-refractivity contribution in [2.75, 3.05) is 49.6 Å². The second-order valence-corrected chi connectivity index (χ2v) is 15.1. The first-order valence-electron chi connectivity index (χ1n) is 19.2. The van der Waals surface area contributed by atoms with Crippen LogP contribution < -0.4 is 14.5 Å². The van der Waals surface area contributed by atoms with Crippen LogP contribution in [0.15, 0.2) is 61.3 Å². The molecule has 9 nitrogen and oxygen atoms in total. The van der Waals surface area contributed by atoms with E-state index < -0.39 is 0 Å². The zero-order valence-electron chi connectivity index (χ0n) is 31.3. The van der Waals surface area contributed by atoms with Gasteiger partial charge >= 0.3 is 0 Å². The maximum absolute atomic E-state index is 12.9. The van der Waals surface area contributed by atoms with Crippen LogP contribution in [0, 0.1) is 25.2 Å². The first-order valence-corrected chi connectivity index (χ1v) is 19.2. The number of nitriles is 1. The number of carbonyl (C=O) groups is 1. The van der Waals surface area contributed by atoms with Gasteiger partial charge in [-0.3, -0.25) is 9.78 Å². The Morgan fingerprint density at radius 2 is 1.72 bits per heavy atom. The molecule has 272 valence electrons. The Morgan fingerprint density at radius 3 is 2.55 bits per heavy atom. The van der Waals surface area contributed by atoms with Crippen molar-refractivity contribution >= 4 is 17.4 Å². The Labute approximate surface area is 313 Å². The average molecular weight is 708 g/mol. The molecule has 0 radical (unpaired) electrons. The van der Waals surface area contributed by atoms with Crippen molar-refractivity contribution in [3.05, 3.63) is 106 Å². The van der Waals surface area contributed by atoms with E-state index in [2.05, 4.69) is 90.7 Å². The van der Waals surface area contributed by atoms with Gasteiger partial charge in [-0.05, 0) is 112 Å². The number of piperazine rings is 1. The van der Waals surface area contributed by atoms with Gasteiger partial charge in [0.1, 0.15) is 11.6 Å². The Hall–Kier alpha value is -5.20. The number of pyridine rings is 2. The number of benzene rings is 2. The number of hydrogen-bond acceptors (Lipinski definition) is 8. The molecule has 53 heavy (non-hydrogen) atoms. The summed E-state index contributed by atoms with van der Waals surface area (Å²) < 4.78 is 7.16. The molecule has 8 rings (SSSR count). The topological polar surface area (TPSA) is 88.8 Å². The molecule has 9 heteroatoms. The van der Waals surface area contributed by atoms with E-state index in [1.807, 2.05) is 6.20 Å². The van der Waals surface area contributed by atoms with Gasteiger partial charge in [0.2, 0.25) is 11.8 Å². The first kappa shape index (κ1) is 34.9. The molecule has 4 aromatic rings. The normalized spacial score (nSPS) is 18.5. The minimum Gasteiger partial charge on any atom is -0.438 e. The van der Waals surface area contributed by atoms with E-state index in [0.717, 1.165) is 85.8 Å². The second-order valence-electron chi connectivity index (χ2n) is 15.1. The van der Waals surface area contributed by atoms with E-state index >= 15 is 0 Å². The van der Waals surface area contributed by atoms with Gasteiger partial charge in [0.25, 0.3) is 0 Å². The van der Waals surface area contributed by atoms with Crippen molar-refractivity contribution < 1.29 is 9.53 Å². The fourth-order valence-corrected chi connectivity index (χ4v) is 9.17. The van der Waals surface area contributed by atoms with Crippen LogP contribution in [0.4, 0.5) is 11.5 Å². The van der Waals surface area contributed by atoms with E-state index in [1.165, 1.54) is 58.0 Å². The van der Waals surface area contributed by atoms with E-state index in [4.69, 9.17) is 14.7 Å². The van der Waals surface area contributed by atoms with Gasteiger partial charge in [-0.25, -0.2) is 0 Å². The Morgan fingerprint density at radius 1 is 0.906 bits per heavy atom. The smallest absolute Gasteiger partial charge is 0.246 e. The van der Waals surface area contributed by atoms with Crippen LogP contribution in [0.3, 0.4) is 0 Å². The minimum atomic E-state index is -0.266. The summed E-state index contributed by atoms with van der Waals surface area (Å²) in [6.07, 6.45) is 9.92. The van der Waals surface area contributed by atoms with Gasteiger partial charge in [-0.2, -0.15) is 10.2 Å². The average Bonchev–Trinajstić information content (AvgIpc) is 3.17. The quantitative estimate of drug-likeness (QED) is 0.188. The van der Waals surface area contributed by atoms with E-state index in [-0.39, 0.29) is 18.4 Å². The molecular formula is C44H49N7O2. The molecule has 0 saturated carbocycles. The highest BCUT2D eigenvalue weighted by molar-refractivity contribution is 5.87. The highest BCUT2D eigenvalue weighted by Crippen LogP contribution is 2.46. The molecule has 1 saturated heterocycles. The highest BCUT2D eigenvalue weighted by atomic mass is 16.5. The molecule has 0 N–H and O–H groups in total. The lowest BCUT2D eigenvalue weighted by Crippen LogP contribution is -2.55. The summed E-state index contributed by atoms with van der Waals surface area (Å²) in [6.45, 7) is 13.0. The van der Waals surface area contributed by atoms with Crippen molar-refractivity contribution in [1.82, 2.24) is 19.8 Å². The van der Waals surface area contributed by atoms with Crippen LogP contribution in [-0.2, 0) is 43.6 Å². The van der Waals surface area contributed by atoms with Crippen LogP contribution in [0.5, 0.6) is 11.6 Å². The summed E-state index contributed by atoms with van der Waals surface area (Å²) >= 11 is 0. The zero-order chi connectivity index (χ0) is 36.6. The predicted molar refractivity (Wildman–Crippen MR) is 209 cm³/mol. The molecule has 0 unspecified atom stereocenters. The Bertz CT molecular complexity index is 2100. The fraction of sp³-hybridized carbons (Fsp3) is 0.409. The largest absolute Gasteiger partial charge is 0.438 e. The number of hydrogen-bond donors (Lipinski definition) is 0. The van der Waals surface area contributed by atoms with Crippen LogP contribution in [0.1, 0.15) is 63.9 Å². The van der Waals surface area contributed by atoms with Gasteiger partial charge in [0.15, 0.2) is 0 Å². The fourth-order valence-electron chi connectivity index (χ4n) is 9.17. The number of fused-ring (bicyclic) bond motifs is 3. The highest BCUT2D eigenvalue weighted by Gasteiger charge is 2.36. The summed E-state index contributed by atoms with van der Waals surface area (Å²) in [5.74, 6) is 2.20. The SMILES string of the molecule is C=CC(=O)N1CCN(c2nc(Oc3cccc4c3CCN(C)C4)c(-c3c(C)ccnc3C)c3c2CCN(c2cccc4c2CCCC4)C3)C[C@@H]1CC#N. The molecule has 1 atom stereocenters. The molecule has 4 aliphatic rings. The molecule has 3 aliphatic heterocycles. The number of ether oxygens (including phenoxy) is 1. The minimum absolute atomic E-state index is 0.136. The molecule has 1 amide bonds. The maximum atomic E-state index is 12.9. The monoisotopic (exact) mass is 707 g/mol. The predicted octanol–water partition coefficient (Wildman–Crippen LogP) is 7.10. The van der Waals surface area contributed by atoms with E-state index in [1.54, 1.807) is 4.90 Å². The third kappa shape index (κ3) is 6.54. The Balaban J connectivity index is 1.32. The summed E-state index contributed by atoms with van der Waals surface area (Å²) in [4.78, 5) is 32.2. The summed E-state index contributed by atoms with van der Waals surface area (Å²) in [6, 6.07) is 17.4. The van der Waals surface area contributed by atoms with Gasteiger partial charge < -0.3 is 24.3 Å². The number of likely N-dealkylation sites (N-methyl/N-ethyl adjacent to an activating group) is 1. The zero-order valence-corrected chi connectivity index (χ0v) is 31.3. The third-order valence-electron chi connectivity index (χ3n) is 11.8. The number of aromatic nitrogens is 2. The van der Waals surface area contributed by atoms with Crippen LogP contribution in [-0.4, -0.2) is 71.5 Å². The molecule has 2 aromatic heterocycles. The molecule has 1 fully saturated rings. The van der Waals surface area contributed by atoms with Crippen molar-refractivity contribution in [1.29, 1.82) is 5.26 Å². The van der Waals surface area contributed by atoms with Crippen molar-refractivity contribution in [2.45, 2.75) is 77.9 Å². The van der Waals surface area contributed by atoms with Gasteiger partial charge in [0, 0.05) is 80.1 Å². The Kier molecular flexibility index (Phi) is 9.65. The van der Waals surface area contributed by atoms with Crippen molar-refractivity contribution in [2.24, 2.45) is 0 Å². The van der Waals surface area contributed by atoms with Crippen molar-refractivity contribution in [3.63, 3.8) is 0 Å². The number of carbonyl (C=O) groups excluding carboxylic acids is 1. The van der Waals surface area contributed by atoms with Crippen LogP contribution >= 0.6 is 0 Å². The van der Waals surface area contributed by atoms with Crippen LogP contribution in [0.25, 0.3) is 11.1 Å². The second kappa shape index (κ2) is 14.7. The standard InChI is InChI=1S/C44H49N7O2/c1-5-40(52)51-25-24-50(27-33(51)16-20-45)43-36-19-23-49(38-14-8-11-31-10-6-7-13-34(31)38)28-37(36)42(41-29(2)17-21-46-30(41)3)44(47-43)53-39-15-9-12-32-26-48(4)22-18-35(32)39/h5,8-9,11-12,14-15,17,21,33H,1,6-7,10,13,16,18-19,22-28H2,2-4H3/t33-/m0/s1. The lowest BCUT2D eigenvalue weighted by molar-refractivity contribution is -0.128. The molecular weight excluding hydrogens is 659 g/mol. The third-order valence-corrected chi connectivity index (χ3v) is 11.8. The van der Waals surface area contributed by atoms with Crippen molar-refractivity contribution in [3.8, 4) is 28.8 Å². The number of amides is 1. The van der Waals surface area contributed by atoms with Gasteiger partial charge in [-0.1, -0.05) is 30.8 Å². The molecule has 5 heterocycles. The molecule has 2 aromatic carbocycles. The number of nitrogens with zero attached hydrogens (tertiary/aromatic N) is 7. The first-order chi connectivity index (χ1) is 25.8. The van der Waals surface area contributed by atoms with Gasteiger partial charge in [-0.15, -0.1) is 0 Å². The van der Waals surface area contributed by atoms with E-state index in [9.17, 15) is 10.1 Å². The molecule has 0 bridgehead atoms. The lowest BCUT2D eigenvalue weighted by atomic mass is 9.87.